The van der Waals surface area contributed by atoms with Gasteiger partial charge in [-0.15, -0.1) is 0 Å². The summed E-state index contributed by atoms with van der Waals surface area (Å²) in [6.07, 6.45) is 0. The molecule has 0 unspecified atom stereocenters. The first kappa shape index (κ1) is 24.1. The van der Waals surface area contributed by atoms with Gasteiger partial charge in [0.25, 0.3) is 0 Å². The molecule has 0 aliphatic heterocycles. The lowest BCUT2D eigenvalue weighted by Gasteiger charge is -2.24. The maximum absolute atomic E-state index is 2.52. The van der Waals surface area contributed by atoms with E-state index in [0.29, 0.717) is 0 Å². The van der Waals surface area contributed by atoms with Gasteiger partial charge >= 0.3 is 0 Å². The Bertz CT molecular complexity index is 2610. The molecular formula is C43H29N. The van der Waals surface area contributed by atoms with Gasteiger partial charge in [0.2, 0.25) is 0 Å². The van der Waals surface area contributed by atoms with Crippen molar-refractivity contribution >= 4 is 54.1 Å². The summed E-state index contributed by atoms with van der Waals surface area (Å²) in [4.78, 5) is 0. The fourth-order valence-electron chi connectivity index (χ4n) is 8.38. The fraction of sp³-hybridized carbons (Fsp3) is 0.0698. The summed E-state index contributed by atoms with van der Waals surface area (Å²) in [6, 6.07) is 52.1. The lowest BCUT2D eigenvalue weighted by Crippen LogP contribution is -2.16. The monoisotopic (exact) mass is 559 g/mol. The van der Waals surface area contributed by atoms with Gasteiger partial charge in [0.15, 0.2) is 0 Å². The van der Waals surface area contributed by atoms with Crippen LogP contribution in [0.2, 0.25) is 0 Å². The molecule has 0 fully saturated rings. The summed E-state index contributed by atoms with van der Waals surface area (Å²) in [5.74, 6) is 0. The Labute approximate surface area is 255 Å². The minimum Gasteiger partial charge on any atom is -0.309 e. The van der Waals surface area contributed by atoms with Crippen LogP contribution in [0.25, 0.3) is 82.1 Å². The van der Waals surface area contributed by atoms with Crippen molar-refractivity contribution in [2.24, 2.45) is 0 Å². The molecule has 10 rings (SSSR count). The highest BCUT2D eigenvalue weighted by molar-refractivity contribution is 6.25. The van der Waals surface area contributed by atoms with Gasteiger partial charge in [-0.3, -0.25) is 0 Å². The van der Waals surface area contributed by atoms with Gasteiger partial charge in [0.05, 0.1) is 11.0 Å². The molecule has 1 aromatic heterocycles. The Hall–Kier alpha value is -5.40. The Kier molecular flexibility index (Phi) is 4.58. The highest BCUT2D eigenvalue weighted by atomic mass is 15.0. The van der Waals surface area contributed by atoms with Crippen molar-refractivity contribution in [1.29, 1.82) is 0 Å². The first-order valence-corrected chi connectivity index (χ1v) is 15.5. The van der Waals surface area contributed by atoms with Gasteiger partial charge in [-0.2, -0.15) is 0 Å². The molecule has 44 heavy (non-hydrogen) atoms. The van der Waals surface area contributed by atoms with Gasteiger partial charge in [-0.1, -0.05) is 135 Å². The average Bonchev–Trinajstić information content (AvgIpc) is 3.52. The van der Waals surface area contributed by atoms with Crippen molar-refractivity contribution in [2.75, 3.05) is 0 Å². The molecule has 0 saturated carbocycles. The lowest BCUT2D eigenvalue weighted by atomic mass is 9.81. The van der Waals surface area contributed by atoms with E-state index in [2.05, 4.69) is 158 Å². The molecule has 206 valence electrons. The predicted octanol–water partition coefficient (Wildman–Crippen LogP) is 11.7. The van der Waals surface area contributed by atoms with E-state index in [1.165, 1.54) is 93.2 Å². The van der Waals surface area contributed by atoms with E-state index in [-0.39, 0.29) is 5.41 Å². The Balaban J connectivity index is 1.27. The van der Waals surface area contributed by atoms with Crippen molar-refractivity contribution in [3.05, 3.63) is 151 Å². The van der Waals surface area contributed by atoms with Gasteiger partial charge < -0.3 is 4.57 Å². The van der Waals surface area contributed by atoms with Crippen molar-refractivity contribution in [3.63, 3.8) is 0 Å². The van der Waals surface area contributed by atoms with Crippen LogP contribution in [0, 0.1) is 0 Å². The van der Waals surface area contributed by atoms with Crippen LogP contribution in [-0.2, 0) is 5.41 Å². The SMILES string of the molecule is CC1(C)c2ccccc2-c2ccc3c4ccccc4n(-c4cccc(-c5ccc6ccc7cccc8ccc5c6c78)c4)c3c21. The Morgan fingerprint density at radius 3 is 2.05 bits per heavy atom. The predicted molar refractivity (Wildman–Crippen MR) is 187 cm³/mol. The topological polar surface area (TPSA) is 4.93 Å². The van der Waals surface area contributed by atoms with E-state index >= 15 is 0 Å². The number of rotatable bonds is 2. The van der Waals surface area contributed by atoms with E-state index in [0.717, 1.165) is 0 Å². The number of fused-ring (bicyclic) bond motifs is 7. The Morgan fingerprint density at radius 2 is 1.16 bits per heavy atom. The van der Waals surface area contributed by atoms with E-state index in [1.54, 1.807) is 0 Å². The summed E-state index contributed by atoms with van der Waals surface area (Å²) in [5, 5.41) is 10.5. The third-order valence-electron chi connectivity index (χ3n) is 10.3. The normalized spacial score (nSPS) is 13.9. The van der Waals surface area contributed by atoms with E-state index in [1.807, 2.05) is 0 Å². The molecule has 9 aromatic rings. The molecule has 0 amide bonds. The van der Waals surface area contributed by atoms with Crippen LogP contribution < -0.4 is 0 Å². The summed E-state index contributed by atoms with van der Waals surface area (Å²) >= 11 is 0. The van der Waals surface area contributed by atoms with Crippen LogP contribution in [-0.4, -0.2) is 4.57 Å². The maximum Gasteiger partial charge on any atom is 0.0588 e. The molecule has 0 bridgehead atoms. The van der Waals surface area contributed by atoms with E-state index in [4.69, 9.17) is 0 Å². The van der Waals surface area contributed by atoms with Crippen LogP contribution in [0.5, 0.6) is 0 Å². The largest absolute Gasteiger partial charge is 0.309 e. The molecular weight excluding hydrogens is 530 g/mol. The molecule has 1 aliphatic rings. The van der Waals surface area contributed by atoms with Gasteiger partial charge in [0, 0.05) is 21.9 Å². The van der Waals surface area contributed by atoms with E-state index < -0.39 is 0 Å². The van der Waals surface area contributed by atoms with Crippen molar-refractivity contribution in [1.82, 2.24) is 4.57 Å². The molecule has 1 heterocycles. The minimum atomic E-state index is -0.110. The number of para-hydroxylation sites is 1. The summed E-state index contributed by atoms with van der Waals surface area (Å²) in [5.41, 5.74) is 11.7. The second kappa shape index (κ2) is 8.36. The zero-order chi connectivity index (χ0) is 29.2. The maximum atomic E-state index is 2.52. The second-order valence-electron chi connectivity index (χ2n) is 12.9. The highest BCUT2D eigenvalue weighted by Gasteiger charge is 2.38. The zero-order valence-electron chi connectivity index (χ0n) is 24.7. The highest BCUT2D eigenvalue weighted by Crippen LogP contribution is 2.53. The molecule has 1 heteroatoms. The Morgan fingerprint density at radius 1 is 0.477 bits per heavy atom. The number of benzene rings is 8. The van der Waals surface area contributed by atoms with Crippen LogP contribution >= 0.6 is 0 Å². The first-order chi connectivity index (χ1) is 21.6. The summed E-state index contributed by atoms with van der Waals surface area (Å²) in [6.45, 7) is 4.78. The molecule has 0 saturated heterocycles. The smallest absolute Gasteiger partial charge is 0.0588 e. The van der Waals surface area contributed by atoms with Crippen molar-refractivity contribution < 1.29 is 0 Å². The first-order valence-electron chi connectivity index (χ1n) is 15.5. The number of hydrogen-bond donors (Lipinski definition) is 0. The molecule has 0 spiro atoms. The van der Waals surface area contributed by atoms with Crippen molar-refractivity contribution in [2.45, 2.75) is 19.3 Å². The number of hydrogen-bond acceptors (Lipinski definition) is 0. The average molecular weight is 560 g/mol. The third-order valence-corrected chi connectivity index (χ3v) is 10.3. The van der Waals surface area contributed by atoms with Crippen molar-refractivity contribution in [3.8, 4) is 27.9 Å². The second-order valence-corrected chi connectivity index (χ2v) is 12.9. The van der Waals surface area contributed by atoms with Gasteiger partial charge in [-0.25, -0.2) is 0 Å². The quantitative estimate of drug-likeness (QED) is 0.186. The van der Waals surface area contributed by atoms with Gasteiger partial charge in [0.1, 0.15) is 0 Å². The van der Waals surface area contributed by atoms with E-state index in [9.17, 15) is 0 Å². The number of nitrogens with zero attached hydrogens (tertiary/aromatic N) is 1. The fourth-order valence-corrected chi connectivity index (χ4v) is 8.38. The molecule has 1 aliphatic carbocycles. The van der Waals surface area contributed by atoms with Crippen LogP contribution in [0.4, 0.5) is 0 Å². The molecule has 1 nitrogen and oxygen atoms in total. The standard InChI is InChI=1S/C43H29N/c1-43(2)37-15-5-3-13-32(37)35-23-24-36-33-14-4-6-16-38(33)44(42(36)41(35)43)30-12-8-11-29(25-30)31-21-19-28-18-17-26-9-7-10-27-20-22-34(31)40(28)39(26)27/h3-25H,1-2H3. The zero-order valence-corrected chi connectivity index (χ0v) is 24.7. The number of aromatic nitrogens is 1. The third kappa shape index (κ3) is 2.99. The lowest BCUT2D eigenvalue weighted by molar-refractivity contribution is 0.664. The summed E-state index contributed by atoms with van der Waals surface area (Å²) < 4.78 is 2.52. The molecule has 0 radical (unpaired) electrons. The van der Waals surface area contributed by atoms with Crippen LogP contribution in [0.1, 0.15) is 25.0 Å². The molecule has 0 atom stereocenters. The van der Waals surface area contributed by atoms with Crippen LogP contribution in [0.3, 0.4) is 0 Å². The molecule has 8 aromatic carbocycles. The van der Waals surface area contributed by atoms with Crippen LogP contribution in [0.15, 0.2) is 140 Å². The molecule has 0 N–H and O–H groups in total. The minimum absolute atomic E-state index is 0.110. The summed E-state index contributed by atoms with van der Waals surface area (Å²) in [7, 11) is 0. The van der Waals surface area contributed by atoms with Gasteiger partial charge in [-0.05, 0) is 83.9 Å².